The summed E-state index contributed by atoms with van der Waals surface area (Å²) in [6.45, 7) is 3.98. The van der Waals surface area contributed by atoms with Crippen molar-refractivity contribution < 1.29 is 9.90 Å². The molecule has 2 aromatic rings. The van der Waals surface area contributed by atoms with Crippen LogP contribution in [0, 0.1) is 6.92 Å². The number of nitrogens with zero attached hydrogens (tertiary/aromatic N) is 2. The second-order valence-corrected chi connectivity index (χ2v) is 4.86. The highest BCUT2D eigenvalue weighted by Crippen LogP contribution is 2.21. The minimum atomic E-state index is -1.01. The van der Waals surface area contributed by atoms with Crippen LogP contribution in [-0.4, -0.2) is 20.9 Å². The van der Waals surface area contributed by atoms with Gasteiger partial charge in [0.05, 0.1) is 5.69 Å². The smallest absolute Gasteiger partial charge is 0.356 e. The number of carboxylic acid groups (broad SMARTS) is 1. The van der Waals surface area contributed by atoms with E-state index in [0.717, 1.165) is 29.8 Å². The summed E-state index contributed by atoms with van der Waals surface area (Å²) >= 11 is 5.94. The second-order valence-electron chi connectivity index (χ2n) is 4.42. The summed E-state index contributed by atoms with van der Waals surface area (Å²) in [4.78, 5) is 11.0. The van der Waals surface area contributed by atoms with Gasteiger partial charge in [0.25, 0.3) is 0 Å². The Morgan fingerprint density at radius 1 is 1.42 bits per heavy atom. The number of aryl methyl sites for hydroxylation is 2. The molecule has 0 aliphatic carbocycles. The number of carbonyl (C=O) groups is 1. The Bertz CT molecular complexity index is 620. The summed E-state index contributed by atoms with van der Waals surface area (Å²) in [5.41, 5.74) is 2.79. The first-order valence-corrected chi connectivity index (χ1v) is 6.49. The molecule has 0 saturated heterocycles. The van der Waals surface area contributed by atoms with Gasteiger partial charge in [0.1, 0.15) is 0 Å². The molecular formula is C14H15ClN2O2. The third-order valence-corrected chi connectivity index (χ3v) is 3.13. The van der Waals surface area contributed by atoms with Gasteiger partial charge in [-0.2, -0.15) is 5.10 Å². The predicted molar refractivity (Wildman–Crippen MR) is 74.3 cm³/mol. The average molecular weight is 279 g/mol. The van der Waals surface area contributed by atoms with E-state index in [2.05, 4.69) is 5.10 Å². The van der Waals surface area contributed by atoms with Crippen LogP contribution in [0.3, 0.4) is 0 Å². The molecule has 0 atom stereocenters. The molecule has 2 rings (SSSR count). The number of rotatable bonds is 4. The van der Waals surface area contributed by atoms with E-state index in [0.29, 0.717) is 5.02 Å². The van der Waals surface area contributed by atoms with E-state index in [-0.39, 0.29) is 5.69 Å². The molecular weight excluding hydrogens is 264 g/mol. The van der Waals surface area contributed by atoms with Gasteiger partial charge in [-0.05, 0) is 43.2 Å². The van der Waals surface area contributed by atoms with Crippen molar-refractivity contribution >= 4 is 17.6 Å². The van der Waals surface area contributed by atoms with Crippen molar-refractivity contribution in [1.82, 2.24) is 9.78 Å². The van der Waals surface area contributed by atoms with Gasteiger partial charge in [0, 0.05) is 10.7 Å². The van der Waals surface area contributed by atoms with Crippen LogP contribution in [0.4, 0.5) is 0 Å². The normalized spacial score (nSPS) is 10.7. The first kappa shape index (κ1) is 13.6. The highest BCUT2D eigenvalue weighted by Gasteiger charge is 2.15. The van der Waals surface area contributed by atoms with Crippen molar-refractivity contribution in [3.8, 4) is 5.69 Å². The molecule has 0 aliphatic rings. The van der Waals surface area contributed by atoms with Crippen LogP contribution in [-0.2, 0) is 6.42 Å². The average Bonchev–Trinajstić information content (AvgIpc) is 2.74. The Morgan fingerprint density at radius 3 is 2.74 bits per heavy atom. The summed E-state index contributed by atoms with van der Waals surface area (Å²) in [6, 6.07) is 7.10. The molecule has 0 radical (unpaired) electrons. The lowest BCUT2D eigenvalue weighted by Crippen LogP contribution is -2.05. The zero-order chi connectivity index (χ0) is 14.0. The summed E-state index contributed by atoms with van der Waals surface area (Å²) in [7, 11) is 0. The van der Waals surface area contributed by atoms with E-state index < -0.39 is 5.97 Å². The third kappa shape index (κ3) is 2.79. The van der Waals surface area contributed by atoms with Crippen molar-refractivity contribution in [2.24, 2.45) is 0 Å². The topological polar surface area (TPSA) is 55.1 Å². The van der Waals surface area contributed by atoms with Crippen molar-refractivity contribution in [2.45, 2.75) is 26.7 Å². The summed E-state index contributed by atoms with van der Waals surface area (Å²) in [5.74, 6) is -1.01. The van der Waals surface area contributed by atoms with Crippen molar-refractivity contribution in [3.05, 3.63) is 46.2 Å². The van der Waals surface area contributed by atoms with Crippen LogP contribution in [0.15, 0.2) is 24.3 Å². The molecule has 1 aromatic carbocycles. The molecule has 1 N–H and O–H groups in total. The molecule has 0 fully saturated rings. The maximum absolute atomic E-state index is 11.0. The molecule has 0 spiro atoms. The number of hydrogen-bond donors (Lipinski definition) is 1. The Labute approximate surface area is 116 Å². The molecule has 0 unspecified atom stereocenters. The molecule has 0 amide bonds. The monoisotopic (exact) mass is 278 g/mol. The number of aromatic carboxylic acids is 1. The Kier molecular flexibility index (Phi) is 3.90. The molecule has 0 saturated carbocycles. The van der Waals surface area contributed by atoms with Crippen LogP contribution in [0.1, 0.15) is 35.1 Å². The minimum absolute atomic E-state index is 0.0674. The number of aromatic nitrogens is 2. The number of carboxylic acids is 1. The number of benzene rings is 1. The number of hydrogen-bond acceptors (Lipinski definition) is 2. The fourth-order valence-electron chi connectivity index (χ4n) is 2.02. The van der Waals surface area contributed by atoms with Gasteiger partial charge in [0.15, 0.2) is 5.69 Å². The molecule has 1 aromatic heterocycles. The van der Waals surface area contributed by atoms with Crippen molar-refractivity contribution in [1.29, 1.82) is 0 Å². The van der Waals surface area contributed by atoms with Crippen LogP contribution < -0.4 is 0 Å². The zero-order valence-corrected chi connectivity index (χ0v) is 11.6. The zero-order valence-electron chi connectivity index (χ0n) is 10.9. The van der Waals surface area contributed by atoms with Crippen molar-refractivity contribution in [2.75, 3.05) is 0 Å². The van der Waals surface area contributed by atoms with Gasteiger partial charge in [0.2, 0.25) is 0 Å². The van der Waals surface area contributed by atoms with Crippen LogP contribution in [0.2, 0.25) is 5.02 Å². The predicted octanol–water partition coefficient (Wildman–Crippen LogP) is 3.48. The lowest BCUT2D eigenvalue weighted by molar-refractivity contribution is 0.0690. The van der Waals surface area contributed by atoms with Gasteiger partial charge >= 0.3 is 5.97 Å². The summed E-state index contributed by atoms with van der Waals surface area (Å²) in [6.07, 6.45) is 1.71. The van der Waals surface area contributed by atoms with Gasteiger partial charge in [-0.3, -0.25) is 0 Å². The van der Waals surface area contributed by atoms with E-state index in [9.17, 15) is 4.79 Å². The van der Waals surface area contributed by atoms with Gasteiger partial charge in [-0.25, -0.2) is 9.48 Å². The van der Waals surface area contributed by atoms with E-state index in [4.69, 9.17) is 16.7 Å². The maximum Gasteiger partial charge on any atom is 0.356 e. The van der Waals surface area contributed by atoms with Gasteiger partial charge in [-0.1, -0.05) is 24.9 Å². The Morgan fingerprint density at radius 2 is 2.16 bits per heavy atom. The van der Waals surface area contributed by atoms with Crippen LogP contribution >= 0.6 is 11.6 Å². The molecule has 5 heteroatoms. The second kappa shape index (κ2) is 5.45. The van der Waals surface area contributed by atoms with Gasteiger partial charge in [-0.15, -0.1) is 0 Å². The Balaban J connectivity index is 2.56. The molecule has 0 bridgehead atoms. The minimum Gasteiger partial charge on any atom is -0.476 e. The van der Waals surface area contributed by atoms with Crippen LogP contribution in [0.25, 0.3) is 5.69 Å². The van der Waals surface area contributed by atoms with E-state index >= 15 is 0 Å². The highest BCUT2D eigenvalue weighted by atomic mass is 35.5. The van der Waals surface area contributed by atoms with E-state index in [1.54, 1.807) is 16.8 Å². The summed E-state index contributed by atoms with van der Waals surface area (Å²) in [5, 5.41) is 13.9. The molecule has 19 heavy (non-hydrogen) atoms. The molecule has 0 aliphatic heterocycles. The quantitative estimate of drug-likeness (QED) is 0.931. The Hall–Kier alpha value is -1.81. The standard InChI is InChI=1S/C14H15ClN2O2/c1-3-4-11-8-12(14(18)19)16-17(11)13-6-5-10(15)7-9(13)2/h5-8H,3-4H2,1-2H3,(H,18,19). The maximum atomic E-state index is 11.0. The van der Waals surface area contributed by atoms with E-state index in [1.807, 2.05) is 26.0 Å². The first-order valence-electron chi connectivity index (χ1n) is 6.11. The first-order chi connectivity index (χ1) is 9.02. The fourth-order valence-corrected chi connectivity index (χ4v) is 2.25. The molecule has 100 valence electrons. The molecule has 1 heterocycles. The molecule has 4 nitrogen and oxygen atoms in total. The third-order valence-electron chi connectivity index (χ3n) is 2.90. The number of halogens is 1. The largest absolute Gasteiger partial charge is 0.476 e. The summed E-state index contributed by atoms with van der Waals surface area (Å²) < 4.78 is 1.69. The van der Waals surface area contributed by atoms with E-state index in [1.165, 1.54) is 0 Å². The highest BCUT2D eigenvalue weighted by molar-refractivity contribution is 6.30. The fraction of sp³-hybridized carbons (Fsp3) is 0.286. The van der Waals surface area contributed by atoms with Gasteiger partial charge < -0.3 is 5.11 Å². The SMILES string of the molecule is CCCc1cc(C(=O)O)nn1-c1ccc(Cl)cc1C. The van der Waals surface area contributed by atoms with Crippen LogP contribution in [0.5, 0.6) is 0 Å². The lowest BCUT2D eigenvalue weighted by Gasteiger charge is -2.10. The lowest BCUT2D eigenvalue weighted by atomic mass is 10.2. The van der Waals surface area contributed by atoms with Crippen molar-refractivity contribution in [3.63, 3.8) is 0 Å².